The minimum atomic E-state index is 0.279. The number of nitrogens with zero attached hydrogens (tertiary/aromatic N) is 5. The van der Waals surface area contributed by atoms with Gasteiger partial charge in [0.25, 0.3) is 0 Å². The molecule has 27 heavy (non-hydrogen) atoms. The molecule has 1 saturated carbocycles. The Balaban J connectivity index is 1.46. The number of hydrogen-bond acceptors (Lipinski definition) is 7. The smallest absolute Gasteiger partial charge is 0.319 e. The number of hydrogen-bond donors (Lipinski definition) is 0. The van der Waals surface area contributed by atoms with E-state index in [0.29, 0.717) is 24.3 Å². The number of ether oxygens (including phenoxy) is 3. The highest BCUT2D eigenvalue weighted by molar-refractivity contribution is 5.66. The minimum Gasteiger partial charge on any atom is -0.495 e. The summed E-state index contributed by atoms with van der Waals surface area (Å²) in [5.74, 6) is 2.08. The van der Waals surface area contributed by atoms with Gasteiger partial charge in [-0.1, -0.05) is 0 Å². The van der Waals surface area contributed by atoms with Gasteiger partial charge >= 0.3 is 6.01 Å². The summed E-state index contributed by atoms with van der Waals surface area (Å²) < 4.78 is 18.1. The van der Waals surface area contributed by atoms with E-state index in [0.717, 1.165) is 29.0 Å². The zero-order valence-electron chi connectivity index (χ0n) is 15.5. The lowest BCUT2D eigenvalue weighted by atomic mass is 10.2. The first-order valence-corrected chi connectivity index (χ1v) is 8.70. The molecule has 0 spiro atoms. The largest absolute Gasteiger partial charge is 0.495 e. The van der Waals surface area contributed by atoms with Gasteiger partial charge in [0.1, 0.15) is 5.75 Å². The lowest BCUT2D eigenvalue weighted by molar-refractivity contribution is 0.278. The van der Waals surface area contributed by atoms with E-state index in [-0.39, 0.29) is 6.01 Å². The Labute approximate surface area is 157 Å². The van der Waals surface area contributed by atoms with Gasteiger partial charge in [0.2, 0.25) is 5.88 Å². The molecule has 3 heterocycles. The van der Waals surface area contributed by atoms with Crippen molar-refractivity contribution in [3.63, 3.8) is 0 Å². The monoisotopic (exact) mass is 367 g/mol. The molecular weight excluding hydrogens is 346 g/mol. The third kappa shape index (κ3) is 3.69. The second kappa shape index (κ2) is 7.22. The topological polar surface area (TPSA) is 84.2 Å². The molecule has 0 radical (unpaired) electrons. The quantitative estimate of drug-likeness (QED) is 0.634. The fourth-order valence-electron chi connectivity index (χ4n) is 3.03. The third-order valence-corrected chi connectivity index (χ3v) is 4.66. The maximum Gasteiger partial charge on any atom is 0.319 e. The predicted molar refractivity (Wildman–Crippen MR) is 97.9 cm³/mol. The molecule has 1 aliphatic rings. The molecule has 0 unspecified atom stereocenters. The van der Waals surface area contributed by atoms with E-state index in [9.17, 15) is 0 Å². The molecule has 0 bridgehead atoms. The molecule has 3 aromatic rings. The van der Waals surface area contributed by atoms with Gasteiger partial charge in [-0.15, -0.1) is 0 Å². The van der Waals surface area contributed by atoms with Crippen LogP contribution in [0.15, 0.2) is 36.9 Å². The average molecular weight is 367 g/mol. The maximum atomic E-state index is 6.04. The van der Waals surface area contributed by atoms with Crippen molar-refractivity contribution in [3.05, 3.63) is 42.6 Å². The summed E-state index contributed by atoms with van der Waals surface area (Å²) in [6.45, 7) is 0.561. The molecule has 2 atom stereocenters. The van der Waals surface area contributed by atoms with Crippen LogP contribution >= 0.6 is 0 Å². The first-order chi connectivity index (χ1) is 13.2. The van der Waals surface area contributed by atoms with Gasteiger partial charge in [-0.3, -0.25) is 9.67 Å². The van der Waals surface area contributed by atoms with Crippen molar-refractivity contribution in [2.24, 2.45) is 13.0 Å². The number of rotatable bonds is 7. The standard InChI is InChI=1S/C19H21N5O3/c1-24-10-13(7-22-24)16-9-21-19(26-3)23-18(16)27-11-12-6-15(12)17-5-4-14(25-2)8-20-17/h4-5,7-10,12,15H,6,11H2,1-3H3/t12-,15+/m1/s1. The molecular formula is C19H21N5O3. The van der Waals surface area contributed by atoms with Crippen LogP contribution in [0.5, 0.6) is 17.6 Å². The molecule has 3 aromatic heterocycles. The van der Waals surface area contributed by atoms with E-state index in [1.165, 1.54) is 7.11 Å². The van der Waals surface area contributed by atoms with Crippen molar-refractivity contribution >= 4 is 0 Å². The summed E-state index contributed by atoms with van der Waals surface area (Å²) in [4.78, 5) is 13.0. The summed E-state index contributed by atoms with van der Waals surface area (Å²) in [5, 5.41) is 4.21. The molecule has 0 aliphatic heterocycles. The van der Waals surface area contributed by atoms with Crippen LogP contribution in [0.2, 0.25) is 0 Å². The van der Waals surface area contributed by atoms with E-state index in [2.05, 4.69) is 20.1 Å². The molecule has 1 aliphatic carbocycles. The van der Waals surface area contributed by atoms with Crippen molar-refractivity contribution < 1.29 is 14.2 Å². The van der Waals surface area contributed by atoms with Crippen molar-refractivity contribution in [2.75, 3.05) is 20.8 Å². The minimum absolute atomic E-state index is 0.279. The van der Waals surface area contributed by atoms with Crippen LogP contribution in [-0.4, -0.2) is 45.6 Å². The van der Waals surface area contributed by atoms with Crippen LogP contribution in [0.1, 0.15) is 18.0 Å². The van der Waals surface area contributed by atoms with E-state index in [1.807, 2.05) is 25.4 Å². The lowest BCUT2D eigenvalue weighted by Crippen LogP contribution is -2.05. The molecule has 8 nitrogen and oxygen atoms in total. The second-order valence-electron chi connectivity index (χ2n) is 6.51. The highest BCUT2D eigenvalue weighted by Crippen LogP contribution is 2.47. The molecule has 1 fully saturated rings. The Morgan fingerprint density at radius 1 is 1.11 bits per heavy atom. The first-order valence-electron chi connectivity index (χ1n) is 8.70. The highest BCUT2D eigenvalue weighted by Gasteiger charge is 2.40. The van der Waals surface area contributed by atoms with Gasteiger partial charge in [-0.2, -0.15) is 10.1 Å². The molecule has 0 saturated heterocycles. The summed E-state index contributed by atoms with van der Waals surface area (Å²) in [7, 11) is 5.04. The predicted octanol–water partition coefficient (Wildman–Crippen LogP) is 2.47. The van der Waals surface area contributed by atoms with Crippen molar-refractivity contribution in [1.82, 2.24) is 24.7 Å². The molecule has 0 amide bonds. The maximum absolute atomic E-state index is 6.04. The normalized spacial score (nSPS) is 18.2. The number of pyridine rings is 1. The third-order valence-electron chi connectivity index (χ3n) is 4.66. The van der Waals surface area contributed by atoms with Crippen LogP contribution in [-0.2, 0) is 7.05 Å². The van der Waals surface area contributed by atoms with E-state index in [1.54, 1.807) is 30.4 Å². The fourth-order valence-corrected chi connectivity index (χ4v) is 3.03. The van der Waals surface area contributed by atoms with Gasteiger partial charge in [0, 0.05) is 42.5 Å². The fraction of sp³-hybridized carbons (Fsp3) is 0.368. The molecule has 4 rings (SSSR count). The van der Waals surface area contributed by atoms with Crippen LogP contribution in [0.25, 0.3) is 11.1 Å². The van der Waals surface area contributed by atoms with Crippen molar-refractivity contribution in [3.8, 4) is 28.8 Å². The van der Waals surface area contributed by atoms with Gasteiger partial charge in [-0.05, 0) is 18.6 Å². The van der Waals surface area contributed by atoms with E-state index < -0.39 is 0 Å². The lowest BCUT2D eigenvalue weighted by Gasteiger charge is -2.10. The van der Waals surface area contributed by atoms with E-state index in [4.69, 9.17) is 14.2 Å². The zero-order chi connectivity index (χ0) is 18.8. The number of methoxy groups -OCH3 is 2. The average Bonchev–Trinajstić information content (AvgIpc) is 3.37. The summed E-state index contributed by atoms with van der Waals surface area (Å²) in [5.41, 5.74) is 2.76. The van der Waals surface area contributed by atoms with Crippen LogP contribution < -0.4 is 14.2 Å². The molecule has 0 N–H and O–H groups in total. The first kappa shape index (κ1) is 17.3. The van der Waals surface area contributed by atoms with Gasteiger partial charge in [0.05, 0.1) is 38.8 Å². The molecule has 140 valence electrons. The van der Waals surface area contributed by atoms with Gasteiger partial charge in [-0.25, -0.2) is 4.98 Å². The van der Waals surface area contributed by atoms with Crippen LogP contribution in [0.4, 0.5) is 0 Å². The zero-order valence-corrected chi connectivity index (χ0v) is 15.5. The highest BCUT2D eigenvalue weighted by atomic mass is 16.5. The number of aryl methyl sites for hydroxylation is 1. The summed E-state index contributed by atoms with van der Waals surface area (Å²) in [6, 6.07) is 4.23. The SMILES string of the molecule is COc1ccc([C@H]2C[C@@H]2COc2nc(OC)ncc2-c2cnn(C)c2)nc1. The van der Waals surface area contributed by atoms with Gasteiger partial charge in [0.15, 0.2) is 0 Å². The molecule has 0 aromatic carbocycles. The van der Waals surface area contributed by atoms with E-state index >= 15 is 0 Å². The second-order valence-corrected chi connectivity index (χ2v) is 6.51. The van der Waals surface area contributed by atoms with Crippen LogP contribution in [0.3, 0.4) is 0 Å². The Morgan fingerprint density at radius 3 is 2.67 bits per heavy atom. The molecule has 8 heteroatoms. The summed E-state index contributed by atoms with van der Waals surface area (Å²) in [6.07, 6.45) is 8.16. The van der Waals surface area contributed by atoms with Crippen molar-refractivity contribution in [2.45, 2.75) is 12.3 Å². The Hall–Kier alpha value is -3.16. The van der Waals surface area contributed by atoms with Crippen molar-refractivity contribution in [1.29, 1.82) is 0 Å². The Bertz CT molecular complexity index is 925. The summed E-state index contributed by atoms with van der Waals surface area (Å²) >= 11 is 0. The Kier molecular flexibility index (Phi) is 4.62. The van der Waals surface area contributed by atoms with Gasteiger partial charge < -0.3 is 14.2 Å². The van der Waals surface area contributed by atoms with Crippen LogP contribution in [0, 0.1) is 5.92 Å². The number of aromatic nitrogens is 5. The Morgan fingerprint density at radius 2 is 2.00 bits per heavy atom.